The highest BCUT2D eigenvalue weighted by Gasteiger charge is 2.29. The lowest BCUT2D eigenvalue weighted by Crippen LogP contribution is -2.31. The molecule has 2 N–H and O–H groups in total. The van der Waals surface area contributed by atoms with Crippen LogP contribution in [0.4, 0.5) is 5.69 Å². The molecule has 0 spiro atoms. The number of aromatic hydroxyl groups is 1. The summed E-state index contributed by atoms with van der Waals surface area (Å²) in [7, 11) is -4.07. The van der Waals surface area contributed by atoms with Crippen LogP contribution in [0.3, 0.4) is 0 Å². The third kappa shape index (κ3) is 3.58. The molecule has 0 saturated heterocycles. The van der Waals surface area contributed by atoms with Gasteiger partial charge in [0, 0.05) is 5.39 Å². The zero-order chi connectivity index (χ0) is 23.2. The van der Waals surface area contributed by atoms with Gasteiger partial charge in [-0.2, -0.15) is 18.2 Å². The van der Waals surface area contributed by atoms with E-state index in [1.807, 2.05) is 31.2 Å². The van der Waals surface area contributed by atoms with Crippen molar-refractivity contribution in [2.24, 2.45) is 9.50 Å². The van der Waals surface area contributed by atoms with Crippen molar-refractivity contribution in [3.63, 3.8) is 0 Å². The SMILES string of the molecule is Cc1ccc(C=Nn2c(=O)c(C3=NS(=O)(=O)c4ccccc4N3)c(O)c3ccccc32)cc1. The third-order valence-electron chi connectivity index (χ3n) is 5.30. The molecule has 1 aliphatic heterocycles. The topological polar surface area (TPSA) is 113 Å². The number of hydrogen-bond acceptors (Lipinski definition) is 6. The number of anilines is 1. The average Bonchev–Trinajstić information content (AvgIpc) is 2.80. The van der Waals surface area contributed by atoms with Crippen molar-refractivity contribution in [2.75, 3.05) is 5.32 Å². The van der Waals surface area contributed by atoms with E-state index in [-0.39, 0.29) is 27.7 Å². The van der Waals surface area contributed by atoms with E-state index in [0.717, 1.165) is 15.8 Å². The molecule has 8 nitrogen and oxygen atoms in total. The molecule has 5 rings (SSSR count). The van der Waals surface area contributed by atoms with E-state index < -0.39 is 15.6 Å². The minimum Gasteiger partial charge on any atom is -0.506 e. The number of hydrogen-bond donors (Lipinski definition) is 2. The number of nitrogens with zero attached hydrogens (tertiary/aromatic N) is 3. The Hall–Kier alpha value is -4.24. The van der Waals surface area contributed by atoms with Crippen LogP contribution in [0, 0.1) is 6.92 Å². The Labute approximate surface area is 189 Å². The summed E-state index contributed by atoms with van der Waals surface area (Å²) in [4.78, 5) is 13.5. The number of rotatable bonds is 3. The zero-order valence-corrected chi connectivity index (χ0v) is 18.2. The molecule has 2 heterocycles. The van der Waals surface area contributed by atoms with E-state index in [9.17, 15) is 18.3 Å². The molecule has 4 aromatic rings. The third-order valence-corrected chi connectivity index (χ3v) is 6.63. The standard InChI is InChI=1S/C24H18N4O4S/c1-15-10-12-16(13-11-15)14-25-28-19-8-4-2-6-17(19)22(29)21(24(28)30)23-26-18-7-3-5-9-20(18)33(31,32)27-23/h2-14,29H,1H3,(H,26,27). The summed E-state index contributed by atoms with van der Waals surface area (Å²) in [6.07, 6.45) is 1.52. The van der Waals surface area contributed by atoms with Gasteiger partial charge in [0.1, 0.15) is 16.2 Å². The number of aromatic nitrogens is 1. The van der Waals surface area contributed by atoms with Gasteiger partial charge in [-0.15, -0.1) is 4.40 Å². The van der Waals surface area contributed by atoms with Crippen LogP contribution in [-0.2, 0) is 10.0 Å². The van der Waals surface area contributed by atoms with Crippen molar-refractivity contribution >= 4 is 38.7 Å². The Bertz CT molecular complexity index is 1640. The zero-order valence-electron chi connectivity index (χ0n) is 17.4. The summed E-state index contributed by atoms with van der Waals surface area (Å²) in [6.45, 7) is 1.97. The number of para-hydroxylation sites is 2. The maximum absolute atomic E-state index is 13.5. The lowest BCUT2D eigenvalue weighted by atomic mass is 10.1. The summed E-state index contributed by atoms with van der Waals surface area (Å²) >= 11 is 0. The van der Waals surface area contributed by atoms with Gasteiger partial charge in [0.2, 0.25) is 0 Å². The van der Waals surface area contributed by atoms with Crippen molar-refractivity contribution in [1.29, 1.82) is 0 Å². The van der Waals surface area contributed by atoms with Crippen molar-refractivity contribution in [3.8, 4) is 5.75 Å². The molecule has 0 fully saturated rings. The minimum atomic E-state index is -4.07. The maximum Gasteiger partial charge on any atom is 0.286 e. The van der Waals surface area contributed by atoms with Gasteiger partial charge in [0.05, 0.1) is 17.4 Å². The van der Waals surface area contributed by atoms with Gasteiger partial charge in [-0.25, -0.2) is 0 Å². The van der Waals surface area contributed by atoms with E-state index in [1.165, 1.54) is 12.3 Å². The highest BCUT2D eigenvalue weighted by atomic mass is 32.2. The van der Waals surface area contributed by atoms with Gasteiger partial charge >= 0.3 is 0 Å². The molecule has 0 radical (unpaired) electrons. The molecule has 9 heteroatoms. The predicted octanol–water partition coefficient (Wildman–Crippen LogP) is 3.46. The van der Waals surface area contributed by atoms with Crippen molar-refractivity contribution in [3.05, 3.63) is 99.8 Å². The average molecular weight is 458 g/mol. The number of benzene rings is 3. The molecule has 33 heavy (non-hydrogen) atoms. The number of amidine groups is 1. The fourth-order valence-electron chi connectivity index (χ4n) is 3.64. The number of pyridine rings is 1. The van der Waals surface area contributed by atoms with Crippen LogP contribution in [0.5, 0.6) is 5.75 Å². The van der Waals surface area contributed by atoms with Gasteiger partial charge in [0.15, 0.2) is 5.84 Å². The fraction of sp³-hybridized carbons (Fsp3) is 0.0417. The largest absolute Gasteiger partial charge is 0.506 e. The van der Waals surface area contributed by atoms with Gasteiger partial charge in [-0.3, -0.25) is 4.79 Å². The molecule has 1 aromatic heterocycles. The Morgan fingerprint density at radius 1 is 1.00 bits per heavy atom. The van der Waals surface area contributed by atoms with E-state index in [2.05, 4.69) is 14.8 Å². The summed E-state index contributed by atoms with van der Waals surface area (Å²) in [5, 5.41) is 18.5. The summed E-state index contributed by atoms with van der Waals surface area (Å²) in [5.41, 5.74) is 1.50. The minimum absolute atomic E-state index is 0.00764. The van der Waals surface area contributed by atoms with Crippen LogP contribution in [0.15, 0.2) is 92.0 Å². The molecule has 0 saturated carbocycles. The highest BCUT2D eigenvalue weighted by molar-refractivity contribution is 7.90. The number of sulfonamides is 1. The summed E-state index contributed by atoms with van der Waals surface area (Å²) in [6, 6.07) is 20.5. The van der Waals surface area contributed by atoms with Crippen LogP contribution in [0.1, 0.15) is 16.7 Å². The van der Waals surface area contributed by atoms with Gasteiger partial charge in [0.25, 0.3) is 15.6 Å². The van der Waals surface area contributed by atoms with Crippen LogP contribution in [-0.4, -0.2) is 30.3 Å². The molecule has 0 atom stereocenters. The fourth-order valence-corrected chi connectivity index (χ4v) is 4.76. The molecule has 0 bridgehead atoms. The number of fused-ring (bicyclic) bond motifs is 2. The summed E-state index contributed by atoms with van der Waals surface area (Å²) < 4.78 is 30.3. The van der Waals surface area contributed by atoms with Gasteiger partial charge < -0.3 is 10.4 Å². The monoisotopic (exact) mass is 458 g/mol. The Morgan fingerprint density at radius 2 is 1.70 bits per heavy atom. The lowest BCUT2D eigenvalue weighted by Gasteiger charge is -2.19. The van der Waals surface area contributed by atoms with Crippen LogP contribution < -0.4 is 10.9 Å². The second-order valence-corrected chi connectivity index (χ2v) is 9.12. The second kappa shape index (κ2) is 7.72. The summed E-state index contributed by atoms with van der Waals surface area (Å²) in [5.74, 6) is -0.639. The van der Waals surface area contributed by atoms with E-state index in [4.69, 9.17) is 0 Å². The number of aryl methyl sites for hydroxylation is 1. The Morgan fingerprint density at radius 3 is 2.48 bits per heavy atom. The Balaban J connectivity index is 1.74. The van der Waals surface area contributed by atoms with Gasteiger partial charge in [-0.05, 0) is 36.8 Å². The highest BCUT2D eigenvalue weighted by Crippen LogP contribution is 2.32. The van der Waals surface area contributed by atoms with E-state index in [1.54, 1.807) is 42.5 Å². The van der Waals surface area contributed by atoms with E-state index in [0.29, 0.717) is 10.9 Å². The van der Waals surface area contributed by atoms with Crippen LogP contribution in [0.2, 0.25) is 0 Å². The first kappa shape index (κ1) is 20.7. The second-order valence-electron chi connectivity index (χ2n) is 7.55. The smallest absolute Gasteiger partial charge is 0.286 e. The molecule has 0 aliphatic carbocycles. The number of nitrogens with one attached hydrogen (secondary N) is 1. The molecule has 3 aromatic carbocycles. The van der Waals surface area contributed by atoms with Crippen molar-refractivity contribution in [1.82, 2.24) is 4.68 Å². The first-order valence-corrected chi connectivity index (χ1v) is 11.5. The normalized spacial score (nSPS) is 14.6. The maximum atomic E-state index is 13.5. The quantitative estimate of drug-likeness (QED) is 0.457. The first-order valence-electron chi connectivity index (χ1n) is 10.0. The lowest BCUT2D eigenvalue weighted by molar-refractivity contribution is 0.478. The predicted molar refractivity (Wildman–Crippen MR) is 128 cm³/mol. The molecule has 0 unspecified atom stereocenters. The van der Waals surface area contributed by atoms with Crippen LogP contribution >= 0.6 is 0 Å². The first-order chi connectivity index (χ1) is 15.8. The van der Waals surface area contributed by atoms with E-state index >= 15 is 0 Å². The van der Waals surface area contributed by atoms with Gasteiger partial charge in [-0.1, -0.05) is 54.1 Å². The van der Waals surface area contributed by atoms with Crippen LogP contribution in [0.25, 0.3) is 10.9 Å². The molecular formula is C24H18N4O4S. The van der Waals surface area contributed by atoms with Crippen molar-refractivity contribution < 1.29 is 13.5 Å². The molecule has 1 aliphatic rings. The molecule has 164 valence electrons. The molecule has 0 amide bonds. The Kier molecular flexibility index (Phi) is 4.83. The van der Waals surface area contributed by atoms with Crippen molar-refractivity contribution in [2.45, 2.75) is 11.8 Å². The molecular weight excluding hydrogens is 440 g/mol.